The standard InChI is InChI=1S/C21H30N6O8.C15H24N4O6.C12H16N4O4/c1-10(2)17(28)32-9-21(25-26-23)15(34-19(30)12(5)6)14(33-18(29)11(3)4)16(35-21)27-8-7-13(22)24-20(27)31;1-7(2)10(17)12(21)25-11-8(6-20)24-13(15(11,3)23)19-5-4-9(16)18-14(19)22;1-12(19)8(18)7(4-17)20-11(12)16-3-2-6-9(13)14-5-15-10(6)16/h7-8,10-12,14-16H,9H2,1-6H3,(H2,22,24,31);4-5,7-8,10-11,13,20,23H,6,17H2,1-3H3,(H2,16,18,22);2-3,5,7-8,11,17-19H,4H2,1H3,(H2,13,14,15)/t14-,15+,16-,21-;8-,10-,11-,13-,15-;7-,8-,11-,12-/m111/s1. The molecule has 440 valence electrons. The molecule has 0 amide bonds. The number of azide groups is 1. The van der Waals surface area contributed by atoms with Crippen molar-refractivity contribution in [1.82, 2.24) is 33.6 Å². The third-order valence-electron chi connectivity index (χ3n) is 13.0. The second-order valence-electron chi connectivity index (χ2n) is 20.6. The topological polar surface area (TPSA) is 487 Å². The SMILES string of the molecule is CC(C)C(=O)OC[C@@]1(N=[N+]=[N-])O[C@@H](n2ccc(N)nc2=O)[C@H](OC(=O)C(C)C)[C@@H]1OC(=O)C(C)C.CC(C)[C@@H](N)C(=O)O[C@@H]1[C@@H](CO)O[C@@H](n2ccc(N)nc2=O)[C@]1(C)O.C[C@@]1(O)[C@H](O)[C@@H](CO)O[C@H]1n1ccc2c(N)ncnc21. The number of carbonyl (C=O) groups excluding carboxylic acids is 4. The van der Waals surface area contributed by atoms with E-state index in [0.29, 0.717) is 16.9 Å². The van der Waals surface area contributed by atoms with Gasteiger partial charge in [-0.1, -0.05) is 60.5 Å². The lowest BCUT2D eigenvalue weighted by Crippen LogP contribution is -2.51. The van der Waals surface area contributed by atoms with Crippen LogP contribution in [0.3, 0.4) is 0 Å². The van der Waals surface area contributed by atoms with Gasteiger partial charge >= 0.3 is 35.3 Å². The summed E-state index contributed by atoms with van der Waals surface area (Å²) in [6.07, 6.45) is -5.41. The Balaban J connectivity index is 0.000000230. The van der Waals surface area contributed by atoms with E-state index in [9.17, 15) is 59.8 Å². The molecular weight excluding hydrogens is 1060 g/mol. The van der Waals surface area contributed by atoms with Crippen LogP contribution in [0.25, 0.3) is 21.5 Å². The fourth-order valence-electron chi connectivity index (χ4n) is 8.26. The second-order valence-corrected chi connectivity index (χ2v) is 20.6. The third kappa shape index (κ3) is 13.6. The van der Waals surface area contributed by atoms with E-state index in [4.69, 9.17) is 56.1 Å². The van der Waals surface area contributed by atoms with Crippen molar-refractivity contribution in [1.29, 1.82) is 0 Å². The van der Waals surface area contributed by atoms with Gasteiger partial charge in [0, 0.05) is 23.5 Å². The Labute approximate surface area is 456 Å². The monoisotopic (exact) mass is 1130 g/mol. The zero-order valence-corrected chi connectivity index (χ0v) is 45.6. The first-order valence-electron chi connectivity index (χ1n) is 25.1. The van der Waals surface area contributed by atoms with Crippen LogP contribution in [0.15, 0.2) is 57.8 Å². The summed E-state index contributed by atoms with van der Waals surface area (Å²) in [4.78, 5) is 92.2. The van der Waals surface area contributed by atoms with Gasteiger partial charge in [-0.2, -0.15) is 9.97 Å². The molecule has 0 aromatic carbocycles. The smallest absolute Gasteiger partial charge is 0.351 e. The molecule has 3 aliphatic heterocycles. The van der Waals surface area contributed by atoms with E-state index in [2.05, 4.69) is 30.0 Å². The lowest BCUT2D eigenvalue weighted by Gasteiger charge is -2.30. The van der Waals surface area contributed by atoms with Crippen molar-refractivity contribution >= 4 is 52.4 Å². The summed E-state index contributed by atoms with van der Waals surface area (Å²) in [6, 6.07) is 3.48. The lowest BCUT2D eigenvalue weighted by molar-refractivity contribution is -0.182. The number of fused-ring (bicyclic) bond motifs is 1. The predicted molar refractivity (Wildman–Crippen MR) is 277 cm³/mol. The van der Waals surface area contributed by atoms with Crippen molar-refractivity contribution in [3.63, 3.8) is 0 Å². The summed E-state index contributed by atoms with van der Waals surface area (Å²) in [5, 5.41) is 54.3. The number of nitrogens with two attached hydrogens (primary N) is 4. The Kier molecular flexibility index (Phi) is 20.5. The van der Waals surface area contributed by atoms with Crippen LogP contribution < -0.4 is 34.3 Å². The molecule has 7 heterocycles. The summed E-state index contributed by atoms with van der Waals surface area (Å²) in [7, 11) is 0. The molecule has 13 atom stereocenters. The van der Waals surface area contributed by atoms with Crippen LogP contribution in [-0.4, -0.2) is 162 Å². The number of nitrogens with zero attached hydrogens (tertiary/aromatic N) is 10. The summed E-state index contributed by atoms with van der Waals surface area (Å²) in [6.45, 7) is 14.1. The van der Waals surface area contributed by atoms with Crippen LogP contribution in [0.2, 0.25) is 0 Å². The Morgan fingerprint density at radius 2 is 1.25 bits per heavy atom. The third-order valence-corrected chi connectivity index (χ3v) is 13.0. The molecule has 0 spiro atoms. The van der Waals surface area contributed by atoms with Crippen LogP contribution in [0.4, 0.5) is 17.5 Å². The highest BCUT2D eigenvalue weighted by Gasteiger charge is 2.62. The first kappa shape index (κ1) is 63.4. The molecular formula is C48H70N14O18. The van der Waals surface area contributed by atoms with Crippen LogP contribution in [0.5, 0.6) is 0 Å². The number of nitrogen functional groups attached to an aromatic ring is 3. The van der Waals surface area contributed by atoms with Crippen molar-refractivity contribution in [2.24, 2.45) is 34.5 Å². The Hall–Kier alpha value is -7.39. The van der Waals surface area contributed by atoms with Crippen molar-refractivity contribution in [3.05, 3.63) is 74.5 Å². The van der Waals surface area contributed by atoms with Gasteiger partial charge in [0.2, 0.25) is 5.72 Å². The molecule has 0 unspecified atom stereocenters. The predicted octanol–water partition coefficient (Wildman–Crippen LogP) is -0.928. The number of ether oxygens (including phenoxy) is 7. The molecule has 3 fully saturated rings. The van der Waals surface area contributed by atoms with Crippen molar-refractivity contribution in [2.75, 3.05) is 37.0 Å². The highest BCUT2D eigenvalue weighted by Crippen LogP contribution is 2.44. The van der Waals surface area contributed by atoms with Gasteiger partial charge in [-0.05, 0) is 43.5 Å². The summed E-state index contributed by atoms with van der Waals surface area (Å²) in [5.41, 5.74) is 25.2. The zero-order valence-electron chi connectivity index (χ0n) is 45.6. The number of aromatic nitrogens is 7. The minimum Gasteiger partial charge on any atom is -0.462 e. The summed E-state index contributed by atoms with van der Waals surface area (Å²) in [5.74, 6) is -4.50. The van der Waals surface area contributed by atoms with E-state index in [1.807, 2.05) is 0 Å². The molecule has 4 aromatic heterocycles. The molecule has 3 aliphatic rings. The van der Waals surface area contributed by atoms with Crippen LogP contribution in [0, 0.1) is 23.7 Å². The van der Waals surface area contributed by atoms with E-state index in [0.717, 1.165) is 9.13 Å². The molecule has 7 rings (SSSR count). The van der Waals surface area contributed by atoms with E-state index in [1.54, 1.807) is 72.2 Å². The second kappa shape index (κ2) is 25.8. The first-order chi connectivity index (χ1) is 37.4. The molecule has 0 aliphatic carbocycles. The molecule has 0 radical (unpaired) electrons. The number of esters is 4. The van der Waals surface area contributed by atoms with Gasteiger partial charge in [-0.3, -0.25) is 28.3 Å². The maximum atomic E-state index is 12.6. The van der Waals surface area contributed by atoms with Crippen LogP contribution in [0.1, 0.15) is 87.9 Å². The van der Waals surface area contributed by atoms with Crippen molar-refractivity contribution in [3.8, 4) is 0 Å². The van der Waals surface area contributed by atoms with Gasteiger partial charge in [-0.25, -0.2) is 19.6 Å². The minimum atomic E-state index is -2.17. The van der Waals surface area contributed by atoms with Gasteiger partial charge in [0.1, 0.15) is 71.6 Å². The van der Waals surface area contributed by atoms with Gasteiger partial charge in [-0.15, -0.1) is 0 Å². The Morgan fingerprint density at radius 1 is 0.738 bits per heavy atom. The lowest BCUT2D eigenvalue weighted by atomic mass is 9.95. The molecule has 0 saturated carbocycles. The fourth-order valence-corrected chi connectivity index (χ4v) is 8.26. The molecule has 0 bridgehead atoms. The number of rotatable bonds is 16. The van der Waals surface area contributed by atoms with Gasteiger partial charge in [0.05, 0.1) is 36.4 Å². The Bertz CT molecular complexity index is 3010. The number of hydrogen-bond acceptors (Lipinski definition) is 27. The van der Waals surface area contributed by atoms with E-state index in [1.165, 1.54) is 44.7 Å². The Morgan fingerprint density at radius 3 is 1.76 bits per heavy atom. The van der Waals surface area contributed by atoms with Gasteiger partial charge < -0.3 is 86.2 Å². The largest absolute Gasteiger partial charge is 0.462 e. The first-order valence-corrected chi connectivity index (χ1v) is 25.1. The average molecular weight is 1130 g/mol. The van der Waals surface area contributed by atoms with Crippen molar-refractivity contribution in [2.45, 2.75) is 148 Å². The molecule has 3 saturated heterocycles. The maximum absolute atomic E-state index is 12.6. The number of hydrogen-bond donors (Lipinski definition) is 9. The summed E-state index contributed by atoms with van der Waals surface area (Å²) >= 11 is 0. The molecule has 4 aromatic rings. The average Bonchev–Trinajstić information content (AvgIpc) is 4.08. The number of anilines is 3. The van der Waals surface area contributed by atoms with Crippen LogP contribution >= 0.6 is 0 Å². The molecule has 32 heteroatoms. The van der Waals surface area contributed by atoms with Crippen molar-refractivity contribution < 1.29 is 77.9 Å². The van der Waals surface area contributed by atoms with Gasteiger partial charge in [0.25, 0.3) is 0 Å². The summed E-state index contributed by atoms with van der Waals surface area (Å²) < 4.78 is 42.3. The fraction of sp³-hybridized carbons (Fsp3) is 0.625. The van der Waals surface area contributed by atoms with E-state index in [-0.39, 0.29) is 24.2 Å². The molecule has 13 N–H and O–H groups in total. The molecule has 80 heavy (non-hydrogen) atoms. The zero-order chi connectivity index (χ0) is 59.9. The highest BCUT2D eigenvalue weighted by atomic mass is 16.7. The van der Waals surface area contributed by atoms with Crippen LogP contribution in [-0.2, 0) is 52.3 Å². The van der Waals surface area contributed by atoms with E-state index < -0.39 is 145 Å². The highest BCUT2D eigenvalue weighted by molar-refractivity contribution is 5.86. The van der Waals surface area contributed by atoms with E-state index >= 15 is 0 Å². The van der Waals surface area contributed by atoms with Gasteiger partial charge in [0.15, 0.2) is 37.0 Å². The number of carbonyl (C=O) groups is 4. The maximum Gasteiger partial charge on any atom is 0.351 e. The molecule has 32 nitrogen and oxygen atoms in total. The quantitative estimate of drug-likeness (QED) is 0.0215. The number of aliphatic hydroxyl groups excluding tert-OH is 3. The normalized spacial score (nSPS) is 28.4. The minimum absolute atomic E-state index is 0.0171. The number of aliphatic hydroxyl groups is 5.